The lowest BCUT2D eigenvalue weighted by molar-refractivity contribution is -0.121. The molecule has 0 spiro atoms. The third-order valence-electron chi connectivity index (χ3n) is 4.08. The molecule has 0 radical (unpaired) electrons. The van der Waals surface area contributed by atoms with Crippen molar-refractivity contribution in [1.29, 1.82) is 0 Å². The lowest BCUT2D eigenvalue weighted by Crippen LogP contribution is -2.39. The molecule has 0 fully saturated rings. The summed E-state index contributed by atoms with van der Waals surface area (Å²) in [7, 11) is 0. The number of pyridine rings is 1. The van der Waals surface area contributed by atoms with Gasteiger partial charge in [-0.15, -0.1) is 6.58 Å². The average Bonchev–Trinajstić information content (AvgIpc) is 2.61. The number of anilines is 1. The van der Waals surface area contributed by atoms with Crippen LogP contribution in [0.25, 0.3) is 0 Å². The molecule has 2 aromatic rings. The fourth-order valence-corrected chi connectivity index (χ4v) is 3.40. The smallest absolute Gasteiger partial charge is 0.265 e. The Morgan fingerprint density at radius 2 is 2.12 bits per heavy atom. The van der Waals surface area contributed by atoms with Gasteiger partial charge in [0.15, 0.2) is 12.4 Å². The molecule has 0 unspecified atom stereocenters. The van der Waals surface area contributed by atoms with E-state index in [1.54, 1.807) is 43.5 Å². The van der Waals surface area contributed by atoms with Crippen LogP contribution < -0.4 is 15.2 Å². The van der Waals surface area contributed by atoms with Crippen molar-refractivity contribution >= 4 is 33.3 Å². The van der Waals surface area contributed by atoms with Gasteiger partial charge < -0.3 is 14.2 Å². The zero-order chi connectivity index (χ0) is 18.8. The Balaban J connectivity index is 1.93. The number of amides is 1. The first kappa shape index (κ1) is 18.1. The van der Waals surface area contributed by atoms with Crippen molar-refractivity contribution in [2.75, 3.05) is 18.1 Å². The fraction of sp³-hybridized carbons (Fsp3) is 0.211. The minimum absolute atomic E-state index is 0.0408. The minimum Gasteiger partial charge on any atom is -0.482 e. The van der Waals surface area contributed by atoms with Crippen molar-refractivity contribution in [3.8, 4) is 5.75 Å². The van der Waals surface area contributed by atoms with Crippen LogP contribution in [0.2, 0.25) is 0 Å². The zero-order valence-electron chi connectivity index (χ0n) is 14.2. The molecule has 6 nitrogen and oxygen atoms in total. The van der Waals surface area contributed by atoms with Gasteiger partial charge in [-0.1, -0.05) is 6.08 Å². The lowest BCUT2D eigenvalue weighted by Gasteiger charge is -2.28. The van der Waals surface area contributed by atoms with Gasteiger partial charge >= 0.3 is 0 Å². The van der Waals surface area contributed by atoms with Crippen LogP contribution in [0.4, 0.5) is 5.69 Å². The Labute approximate surface area is 158 Å². The standard InChI is InChI=1S/C19H17BrN2O4/c1-3-6-22-15-8-13(4-5-17(15)26-11-18(22)24)16(23)10-21-9-14(20)7-12(2)19(21)25/h3-5,7-9H,1,6,10-11H2,2H3. The Bertz CT molecular complexity index is 964. The number of ketones is 1. The van der Waals surface area contributed by atoms with E-state index in [9.17, 15) is 14.4 Å². The summed E-state index contributed by atoms with van der Waals surface area (Å²) in [5.41, 5.74) is 1.27. The van der Waals surface area contributed by atoms with E-state index in [2.05, 4.69) is 22.5 Å². The minimum atomic E-state index is -0.232. The fourth-order valence-electron chi connectivity index (χ4n) is 2.81. The SMILES string of the molecule is C=CCN1C(=O)COc2ccc(C(=O)Cn3cc(Br)cc(C)c3=O)cc21. The number of benzene rings is 1. The van der Waals surface area contributed by atoms with Crippen LogP contribution >= 0.6 is 15.9 Å². The van der Waals surface area contributed by atoms with Gasteiger partial charge in [0.25, 0.3) is 11.5 Å². The van der Waals surface area contributed by atoms with E-state index in [4.69, 9.17) is 4.74 Å². The molecule has 1 aromatic carbocycles. The molecule has 0 saturated carbocycles. The maximum absolute atomic E-state index is 12.7. The summed E-state index contributed by atoms with van der Waals surface area (Å²) in [6.45, 7) is 5.56. The summed E-state index contributed by atoms with van der Waals surface area (Å²) >= 11 is 3.33. The van der Waals surface area contributed by atoms with Crippen LogP contribution in [0, 0.1) is 6.92 Å². The molecule has 1 amide bonds. The number of Topliss-reactive ketones (excluding diaryl/α,β-unsaturated/α-hetero) is 1. The third-order valence-corrected chi connectivity index (χ3v) is 4.51. The van der Waals surface area contributed by atoms with Crippen LogP contribution in [0.5, 0.6) is 5.75 Å². The second kappa shape index (κ2) is 7.29. The summed E-state index contributed by atoms with van der Waals surface area (Å²) in [5.74, 6) is 0.114. The van der Waals surface area contributed by atoms with Crippen LogP contribution in [0.1, 0.15) is 15.9 Å². The Hall–Kier alpha value is -2.67. The molecule has 3 rings (SSSR count). The highest BCUT2D eigenvalue weighted by Crippen LogP contribution is 2.33. The number of rotatable bonds is 5. The highest BCUT2D eigenvalue weighted by Gasteiger charge is 2.25. The molecule has 0 bridgehead atoms. The van der Waals surface area contributed by atoms with E-state index in [1.165, 1.54) is 9.47 Å². The van der Waals surface area contributed by atoms with Gasteiger partial charge in [0.1, 0.15) is 5.75 Å². The van der Waals surface area contributed by atoms with Gasteiger partial charge in [-0.25, -0.2) is 0 Å². The van der Waals surface area contributed by atoms with E-state index in [0.29, 0.717) is 29.1 Å². The number of aromatic nitrogens is 1. The van der Waals surface area contributed by atoms with Gasteiger partial charge in [-0.3, -0.25) is 14.4 Å². The topological polar surface area (TPSA) is 68.6 Å². The Morgan fingerprint density at radius 3 is 2.85 bits per heavy atom. The predicted molar refractivity (Wildman–Crippen MR) is 102 cm³/mol. The van der Waals surface area contributed by atoms with Crippen molar-refractivity contribution in [1.82, 2.24) is 4.57 Å². The first-order valence-corrected chi connectivity index (χ1v) is 8.78. The molecule has 1 aliphatic heterocycles. The maximum atomic E-state index is 12.7. The summed E-state index contributed by atoms with van der Waals surface area (Å²) in [6.07, 6.45) is 3.20. The number of nitrogens with zero attached hydrogens (tertiary/aromatic N) is 2. The first-order valence-electron chi connectivity index (χ1n) is 7.98. The van der Waals surface area contributed by atoms with Crippen molar-refractivity contribution in [2.24, 2.45) is 0 Å². The number of hydrogen-bond acceptors (Lipinski definition) is 4. The first-order chi connectivity index (χ1) is 12.4. The number of halogens is 1. The molecule has 0 saturated heterocycles. The van der Waals surface area contributed by atoms with Crippen molar-refractivity contribution in [3.05, 3.63) is 69.1 Å². The van der Waals surface area contributed by atoms with Crippen molar-refractivity contribution in [3.63, 3.8) is 0 Å². The normalized spacial score (nSPS) is 13.2. The molecular formula is C19H17BrN2O4. The van der Waals surface area contributed by atoms with Gasteiger partial charge in [0, 0.05) is 28.3 Å². The van der Waals surface area contributed by atoms with Crippen LogP contribution in [-0.2, 0) is 11.3 Å². The third kappa shape index (κ3) is 3.48. The molecule has 0 atom stereocenters. The predicted octanol–water partition coefficient (Wildman–Crippen LogP) is 2.71. The van der Waals surface area contributed by atoms with Gasteiger partial charge in [0.05, 0.1) is 12.2 Å². The van der Waals surface area contributed by atoms with Crippen LogP contribution in [0.15, 0.2) is 52.4 Å². The largest absolute Gasteiger partial charge is 0.482 e. The van der Waals surface area contributed by atoms with Gasteiger partial charge in [-0.2, -0.15) is 0 Å². The summed E-state index contributed by atoms with van der Waals surface area (Å²) in [4.78, 5) is 38.5. The Kier molecular flexibility index (Phi) is 5.08. The zero-order valence-corrected chi connectivity index (χ0v) is 15.8. The lowest BCUT2D eigenvalue weighted by atomic mass is 10.1. The monoisotopic (exact) mass is 416 g/mol. The molecule has 26 heavy (non-hydrogen) atoms. The van der Waals surface area contributed by atoms with Crippen molar-refractivity contribution in [2.45, 2.75) is 13.5 Å². The summed E-state index contributed by atoms with van der Waals surface area (Å²) in [5, 5.41) is 0. The molecular weight excluding hydrogens is 400 g/mol. The Morgan fingerprint density at radius 1 is 1.35 bits per heavy atom. The highest BCUT2D eigenvalue weighted by atomic mass is 79.9. The molecule has 0 N–H and O–H groups in total. The van der Waals surface area contributed by atoms with Crippen LogP contribution in [-0.4, -0.2) is 29.4 Å². The molecule has 2 heterocycles. The van der Waals surface area contributed by atoms with Crippen LogP contribution in [0.3, 0.4) is 0 Å². The van der Waals surface area contributed by atoms with E-state index in [0.717, 1.165) is 4.47 Å². The van der Waals surface area contributed by atoms with Crippen molar-refractivity contribution < 1.29 is 14.3 Å². The molecule has 1 aromatic heterocycles. The number of fused-ring (bicyclic) bond motifs is 1. The molecule has 134 valence electrons. The number of hydrogen-bond donors (Lipinski definition) is 0. The number of carbonyl (C=O) groups excluding carboxylic acids is 2. The van der Waals surface area contributed by atoms with E-state index in [-0.39, 0.29) is 30.4 Å². The molecule has 0 aliphatic carbocycles. The maximum Gasteiger partial charge on any atom is 0.265 e. The number of aryl methyl sites for hydroxylation is 1. The van der Waals surface area contributed by atoms with E-state index in [1.807, 2.05) is 0 Å². The van der Waals surface area contributed by atoms with Gasteiger partial charge in [0.2, 0.25) is 0 Å². The van der Waals surface area contributed by atoms with E-state index >= 15 is 0 Å². The number of ether oxygens (including phenoxy) is 1. The second-order valence-corrected chi connectivity index (χ2v) is 6.88. The average molecular weight is 417 g/mol. The quantitative estimate of drug-likeness (QED) is 0.554. The summed E-state index contributed by atoms with van der Waals surface area (Å²) in [6, 6.07) is 6.63. The van der Waals surface area contributed by atoms with E-state index < -0.39 is 0 Å². The second-order valence-electron chi connectivity index (χ2n) is 5.96. The molecule has 7 heteroatoms. The summed E-state index contributed by atoms with van der Waals surface area (Å²) < 4.78 is 7.51. The molecule has 1 aliphatic rings. The number of carbonyl (C=O) groups is 2. The van der Waals surface area contributed by atoms with Gasteiger partial charge in [-0.05, 0) is 47.1 Å². The highest BCUT2D eigenvalue weighted by molar-refractivity contribution is 9.10.